The van der Waals surface area contributed by atoms with Crippen LogP contribution in [0, 0.1) is 5.92 Å². The number of benzene rings is 1. The molecule has 2 amide bonds. The molecule has 1 aromatic carbocycles. The number of hydrogen-bond acceptors (Lipinski definition) is 3. The maximum atomic E-state index is 12.0. The Bertz CT molecular complexity index is 706. The average molecular weight is 316 g/mol. The fourth-order valence-electron chi connectivity index (χ4n) is 2.38. The van der Waals surface area contributed by atoms with Crippen LogP contribution in [0.15, 0.2) is 48.7 Å². The van der Waals surface area contributed by atoms with E-state index >= 15 is 0 Å². The highest BCUT2D eigenvalue weighted by atomic mass is 35.5. The van der Waals surface area contributed by atoms with Crippen molar-refractivity contribution in [3.63, 3.8) is 0 Å². The maximum Gasteiger partial charge on any atom is 0.288 e. The summed E-state index contributed by atoms with van der Waals surface area (Å²) < 4.78 is 0. The predicted octanol–water partition coefficient (Wildman–Crippen LogP) is 2.30. The maximum absolute atomic E-state index is 12.0. The zero-order valence-electron chi connectivity index (χ0n) is 11.6. The van der Waals surface area contributed by atoms with Gasteiger partial charge in [0, 0.05) is 17.1 Å². The van der Waals surface area contributed by atoms with E-state index in [-0.39, 0.29) is 23.4 Å². The van der Waals surface area contributed by atoms with E-state index in [2.05, 4.69) is 15.8 Å². The van der Waals surface area contributed by atoms with Gasteiger partial charge in [0.1, 0.15) is 5.69 Å². The Labute approximate surface area is 132 Å². The largest absolute Gasteiger partial charge is 0.288 e. The number of carbonyl (C=O) groups is 2. The molecule has 1 saturated carbocycles. The summed E-state index contributed by atoms with van der Waals surface area (Å²) in [6.45, 7) is 0. The Morgan fingerprint density at radius 1 is 1.09 bits per heavy atom. The molecule has 3 rings (SSSR count). The second kappa shape index (κ2) is 6.15. The Balaban J connectivity index is 1.54. The standard InChI is InChI=1S/C16H14ClN3O2/c17-13-6-2-1-5-10(13)11-9-12(11)15(21)19-20-16(22)14-7-3-4-8-18-14/h1-8,11-12H,9H2,(H,19,21)(H,20,22)/t11-,12+/m0/s1. The molecule has 1 fully saturated rings. The van der Waals surface area contributed by atoms with Crippen LogP contribution < -0.4 is 10.9 Å². The molecule has 0 spiro atoms. The first-order chi connectivity index (χ1) is 10.7. The van der Waals surface area contributed by atoms with E-state index in [1.165, 1.54) is 6.20 Å². The van der Waals surface area contributed by atoms with Crippen LogP contribution >= 0.6 is 11.6 Å². The zero-order valence-corrected chi connectivity index (χ0v) is 12.4. The number of hydrogen-bond donors (Lipinski definition) is 2. The number of hydrazine groups is 1. The first-order valence-corrected chi connectivity index (χ1v) is 7.30. The molecule has 0 unspecified atom stereocenters. The van der Waals surface area contributed by atoms with Crippen LogP contribution in [-0.2, 0) is 4.79 Å². The fourth-order valence-corrected chi connectivity index (χ4v) is 2.65. The number of amides is 2. The molecule has 0 radical (unpaired) electrons. The molecule has 5 nitrogen and oxygen atoms in total. The molecule has 0 saturated heterocycles. The molecule has 2 atom stereocenters. The lowest BCUT2D eigenvalue weighted by Gasteiger charge is -2.07. The monoisotopic (exact) mass is 315 g/mol. The smallest absolute Gasteiger partial charge is 0.273 e. The van der Waals surface area contributed by atoms with Crippen molar-refractivity contribution in [2.75, 3.05) is 0 Å². The van der Waals surface area contributed by atoms with Gasteiger partial charge in [-0.15, -0.1) is 0 Å². The second-order valence-corrected chi connectivity index (χ2v) is 5.54. The minimum absolute atomic E-state index is 0.112. The van der Waals surface area contributed by atoms with Crippen molar-refractivity contribution in [2.24, 2.45) is 5.92 Å². The summed E-state index contributed by atoms with van der Waals surface area (Å²) >= 11 is 6.13. The Hall–Kier alpha value is -2.40. The topological polar surface area (TPSA) is 71.1 Å². The molecule has 0 aliphatic heterocycles. The molecule has 1 aliphatic carbocycles. The average Bonchev–Trinajstić information content (AvgIpc) is 3.34. The van der Waals surface area contributed by atoms with Crippen LogP contribution in [0.3, 0.4) is 0 Å². The van der Waals surface area contributed by atoms with E-state index in [0.29, 0.717) is 5.02 Å². The lowest BCUT2D eigenvalue weighted by molar-refractivity contribution is -0.123. The van der Waals surface area contributed by atoms with Crippen LogP contribution in [0.2, 0.25) is 5.02 Å². The lowest BCUT2D eigenvalue weighted by Crippen LogP contribution is -2.42. The highest BCUT2D eigenvalue weighted by Crippen LogP contribution is 2.49. The van der Waals surface area contributed by atoms with Gasteiger partial charge in [0.15, 0.2) is 0 Å². The second-order valence-electron chi connectivity index (χ2n) is 5.13. The van der Waals surface area contributed by atoms with Crippen LogP contribution in [0.25, 0.3) is 0 Å². The van der Waals surface area contributed by atoms with Crippen LogP contribution in [0.4, 0.5) is 0 Å². The number of halogens is 1. The van der Waals surface area contributed by atoms with Crippen LogP contribution in [0.5, 0.6) is 0 Å². The molecular weight excluding hydrogens is 302 g/mol. The van der Waals surface area contributed by atoms with E-state index < -0.39 is 5.91 Å². The number of nitrogens with one attached hydrogen (secondary N) is 2. The van der Waals surface area contributed by atoms with E-state index in [0.717, 1.165) is 12.0 Å². The summed E-state index contributed by atoms with van der Waals surface area (Å²) in [5.41, 5.74) is 6.04. The summed E-state index contributed by atoms with van der Waals surface area (Å²) in [6.07, 6.45) is 2.25. The van der Waals surface area contributed by atoms with E-state index in [1.54, 1.807) is 18.2 Å². The fraction of sp³-hybridized carbons (Fsp3) is 0.188. The van der Waals surface area contributed by atoms with Crippen molar-refractivity contribution in [3.05, 3.63) is 64.9 Å². The Morgan fingerprint density at radius 2 is 1.86 bits per heavy atom. The van der Waals surface area contributed by atoms with Crippen molar-refractivity contribution in [1.29, 1.82) is 0 Å². The molecule has 0 bridgehead atoms. The van der Waals surface area contributed by atoms with E-state index in [4.69, 9.17) is 11.6 Å². The summed E-state index contributed by atoms with van der Waals surface area (Å²) in [5.74, 6) is -0.706. The summed E-state index contributed by atoms with van der Waals surface area (Å²) in [6, 6.07) is 12.5. The predicted molar refractivity (Wildman–Crippen MR) is 82.1 cm³/mol. The van der Waals surface area contributed by atoms with Crippen LogP contribution in [-0.4, -0.2) is 16.8 Å². The van der Waals surface area contributed by atoms with Crippen molar-refractivity contribution in [2.45, 2.75) is 12.3 Å². The first kappa shape index (κ1) is 14.5. The minimum atomic E-state index is -0.441. The lowest BCUT2D eigenvalue weighted by atomic mass is 10.1. The third-order valence-corrected chi connectivity index (χ3v) is 3.97. The summed E-state index contributed by atoms with van der Waals surface area (Å²) in [4.78, 5) is 27.7. The summed E-state index contributed by atoms with van der Waals surface area (Å²) in [7, 11) is 0. The number of rotatable bonds is 3. The van der Waals surface area contributed by atoms with Gasteiger partial charge in [0.25, 0.3) is 5.91 Å². The summed E-state index contributed by atoms with van der Waals surface area (Å²) in [5, 5.41) is 0.667. The number of nitrogens with zero attached hydrogens (tertiary/aromatic N) is 1. The molecule has 112 valence electrons. The van der Waals surface area contributed by atoms with Gasteiger partial charge in [0.2, 0.25) is 5.91 Å². The van der Waals surface area contributed by atoms with Crippen LogP contribution in [0.1, 0.15) is 28.4 Å². The zero-order chi connectivity index (χ0) is 15.5. The van der Waals surface area contributed by atoms with Gasteiger partial charge in [-0.25, -0.2) is 0 Å². The SMILES string of the molecule is O=C(NNC(=O)[C@@H]1C[C@H]1c1ccccc1Cl)c1ccccn1. The molecular formula is C16H14ClN3O2. The normalized spacial score (nSPS) is 19.3. The number of carbonyl (C=O) groups excluding carboxylic acids is 2. The molecule has 1 aliphatic rings. The third-order valence-electron chi connectivity index (χ3n) is 3.63. The van der Waals surface area contributed by atoms with Crippen molar-refractivity contribution in [3.8, 4) is 0 Å². The Morgan fingerprint density at radius 3 is 2.59 bits per heavy atom. The third kappa shape index (κ3) is 3.09. The van der Waals surface area contributed by atoms with Crippen molar-refractivity contribution in [1.82, 2.24) is 15.8 Å². The quantitative estimate of drug-likeness (QED) is 0.854. The van der Waals surface area contributed by atoms with Gasteiger partial charge < -0.3 is 0 Å². The van der Waals surface area contributed by atoms with Crippen molar-refractivity contribution >= 4 is 23.4 Å². The van der Waals surface area contributed by atoms with Gasteiger partial charge in [-0.1, -0.05) is 35.9 Å². The van der Waals surface area contributed by atoms with Gasteiger partial charge in [0.05, 0.1) is 0 Å². The Kier molecular flexibility index (Phi) is 4.06. The molecule has 1 aromatic heterocycles. The highest BCUT2D eigenvalue weighted by Gasteiger charge is 2.44. The molecule has 22 heavy (non-hydrogen) atoms. The molecule has 6 heteroatoms. The van der Waals surface area contributed by atoms with Gasteiger partial charge >= 0.3 is 0 Å². The molecule has 2 aromatic rings. The highest BCUT2D eigenvalue weighted by molar-refractivity contribution is 6.31. The number of pyridine rings is 1. The van der Waals surface area contributed by atoms with Crippen molar-refractivity contribution < 1.29 is 9.59 Å². The van der Waals surface area contributed by atoms with Gasteiger partial charge in [-0.2, -0.15) is 0 Å². The number of aromatic nitrogens is 1. The van der Waals surface area contributed by atoms with E-state index in [1.807, 2.05) is 24.3 Å². The van der Waals surface area contributed by atoms with E-state index in [9.17, 15) is 9.59 Å². The van der Waals surface area contributed by atoms with Gasteiger partial charge in [-0.3, -0.25) is 25.4 Å². The first-order valence-electron chi connectivity index (χ1n) is 6.92. The molecule has 2 N–H and O–H groups in total. The van der Waals surface area contributed by atoms with Gasteiger partial charge in [-0.05, 0) is 36.1 Å². The minimum Gasteiger partial charge on any atom is -0.273 e. The molecule has 1 heterocycles.